The molecule has 2 rings (SSSR count). The number of halogens is 2. The van der Waals surface area contributed by atoms with Crippen molar-refractivity contribution in [3.8, 4) is 0 Å². The van der Waals surface area contributed by atoms with Gasteiger partial charge < -0.3 is 15.2 Å². The Kier molecular flexibility index (Phi) is 5.07. The molecule has 1 heterocycles. The maximum Gasteiger partial charge on any atom is 0.126 e. The van der Waals surface area contributed by atoms with Gasteiger partial charge in [0.15, 0.2) is 0 Å². The SMILES string of the molecule is CCOC1(C(N)Cc2cc(F)ccc2F)CCOCC1. The van der Waals surface area contributed by atoms with E-state index < -0.39 is 17.2 Å². The van der Waals surface area contributed by atoms with Gasteiger partial charge in [-0.05, 0) is 37.1 Å². The first-order chi connectivity index (χ1) is 9.57. The summed E-state index contributed by atoms with van der Waals surface area (Å²) in [6, 6.07) is 3.06. The summed E-state index contributed by atoms with van der Waals surface area (Å²) in [4.78, 5) is 0. The monoisotopic (exact) mass is 285 g/mol. The molecule has 2 N–H and O–H groups in total. The number of benzene rings is 1. The van der Waals surface area contributed by atoms with E-state index in [9.17, 15) is 8.78 Å². The quantitative estimate of drug-likeness (QED) is 0.903. The topological polar surface area (TPSA) is 44.5 Å². The molecule has 20 heavy (non-hydrogen) atoms. The van der Waals surface area contributed by atoms with E-state index in [1.165, 1.54) is 6.07 Å². The average Bonchev–Trinajstić information content (AvgIpc) is 2.44. The Morgan fingerprint density at radius 2 is 2.05 bits per heavy atom. The largest absolute Gasteiger partial charge is 0.381 e. The summed E-state index contributed by atoms with van der Waals surface area (Å²) in [7, 11) is 0. The van der Waals surface area contributed by atoms with Crippen LogP contribution in [0.4, 0.5) is 8.78 Å². The van der Waals surface area contributed by atoms with Gasteiger partial charge in [-0.25, -0.2) is 8.78 Å². The zero-order chi connectivity index (χ0) is 14.6. The predicted molar refractivity (Wildman–Crippen MR) is 72.4 cm³/mol. The van der Waals surface area contributed by atoms with Gasteiger partial charge in [-0.1, -0.05) is 0 Å². The normalized spacial score (nSPS) is 19.8. The van der Waals surface area contributed by atoms with E-state index in [1.54, 1.807) is 0 Å². The minimum atomic E-state index is -0.508. The van der Waals surface area contributed by atoms with Crippen LogP contribution >= 0.6 is 0 Å². The molecule has 1 aliphatic rings. The highest BCUT2D eigenvalue weighted by molar-refractivity contribution is 5.20. The van der Waals surface area contributed by atoms with Crippen molar-refractivity contribution in [2.75, 3.05) is 19.8 Å². The van der Waals surface area contributed by atoms with Crippen molar-refractivity contribution in [2.24, 2.45) is 5.73 Å². The molecule has 0 spiro atoms. The van der Waals surface area contributed by atoms with Crippen LogP contribution < -0.4 is 5.73 Å². The molecule has 1 aromatic carbocycles. The van der Waals surface area contributed by atoms with Gasteiger partial charge in [0, 0.05) is 38.7 Å². The van der Waals surface area contributed by atoms with Gasteiger partial charge in [-0.15, -0.1) is 0 Å². The second kappa shape index (κ2) is 6.61. The Morgan fingerprint density at radius 1 is 1.35 bits per heavy atom. The number of nitrogens with two attached hydrogens (primary N) is 1. The van der Waals surface area contributed by atoms with Crippen LogP contribution in [0, 0.1) is 11.6 Å². The molecule has 1 aliphatic heterocycles. The first kappa shape index (κ1) is 15.4. The summed E-state index contributed by atoms with van der Waals surface area (Å²) < 4.78 is 38.1. The van der Waals surface area contributed by atoms with Crippen molar-refractivity contribution in [1.82, 2.24) is 0 Å². The van der Waals surface area contributed by atoms with E-state index in [0.717, 1.165) is 12.1 Å². The van der Waals surface area contributed by atoms with Crippen LogP contribution in [-0.4, -0.2) is 31.5 Å². The number of rotatable bonds is 5. The van der Waals surface area contributed by atoms with Crippen molar-refractivity contribution >= 4 is 0 Å². The first-order valence-electron chi connectivity index (χ1n) is 6.98. The molecule has 5 heteroatoms. The van der Waals surface area contributed by atoms with Gasteiger partial charge in [0.25, 0.3) is 0 Å². The number of ether oxygens (including phenoxy) is 2. The van der Waals surface area contributed by atoms with Crippen LogP contribution in [-0.2, 0) is 15.9 Å². The Bertz CT molecular complexity index is 442. The van der Waals surface area contributed by atoms with Crippen molar-refractivity contribution < 1.29 is 18.3 Å². The van der Waals surface area contributed by atoms with E-state index in [0.29, 0.717) is 38.2 Å². The maximum atomic E-state index is 13.7. The Morgan fingerprint density at radius 3 is 2.70 bits per heavy atom. The van der Waals surface area contributed by atoms with Crippen molar-refractivity contribution in [3.63, 3.8) is 0 Å². The van der Waals surface area contributed by atoms with Gasteiger partial charge in [0.1, 0.15) is 11.6 Å². The summed E-state index contributed by atoms with van der Waals surface area (Å²) in [5.41, 5.74) is 6.04. The third-order valence-electron chi connectivity index (χ3n) is 3.89. The van der Waals surface area contributed by atoms with Crippen LogP contribution in [0.15, 0.2) is 18.2 Å². The van der Waals surface area contributed by atoms with Crippen molar-refractivity contribution in [2.45, 2.75) is 37.8 Å². The lowest BCUT2D eigenvalue weighted by atomic mass is 9.83. The van der Waals surface area contributed by atoms with E-state index in [-0.39, 0.29) is 12.5 Å². The molecule has 1 atom stereocenters. The third kappa shape index (κ3) is 3.34. The van der Waals surface area contributed by atoms with Gasteiger partial charge in [-0.2, -0.15) is 0 Å². The van der Waals surface area contributed by atoms with Crippen molar-refractivity contribution in [1.29, 1.82) is 0 Å². The summed E-state index contributed by atoms with van der Waals surface area (Å²) in [5, 5.41) is 0. The Balaban J connectivity index is 2.15. The lowest BCUT2D eigenvalue weighted by Crippen LogP contribution is -2.54. The van der Waals surface area contributed by atoms with Gasteiger partial charge >= 0.3 is 0 Å². The average molecular weight is 285 g/mol. The predicted octanol–water partition coefficient (Wildman–Crippen LogP) is 2.42. The van der Waals surface area contributed by atoms with Crippen molar-refractivity contribution in [3.05, 3.63) is 35.4 Å². The lowest BCUT2D eigenvalue weighted by molar-refractivity contribution is -0.120. The van der Waals surface area contributed by atoms with Gasteiger partial charge in [-0.3, -0.25) is 0 Å². The van der Waals surface area contributed by atoms with E-state index in [2.05, 4.69) is 0 Å². The Labute approximate surface area is 118 Å². The lowest BCUT2D eigenvalue weighted by Gasteiger charge is -2.41. The fourth-order valence-corrected chi connectivity index (χ4v) is 2.75. The molecule has 1 fully saturated rings. The summed E-state index contributed by atoms with van der Waals surface area (Å²) >= 11 is 0. The number of hydrogen-bond donors (Lipinski definition) is 1. The zero-order valence-corrected chi connectivity index (χ0v) is 11.7. The second-order valence-electron chi connectivity index (χ2n) is 5.16. The molecule has 1 saturated heterocycles. The molecule has 1 aromatic rings. The third-order valence-corrected chi connectivity index (χ3v) is 3.89. The van der Waals surface area contributed by atoms with E-state index in [1.807, 2.05) is 6.92 Å². The van der Waals surface area contributed by atoms with Gasteiger partial charge in [0.05, 0.1) is 5.60 Å². The van der Waals surface area contributed by atoms with Crippen LogP contribution in [0.25, 0.3) is 0 Å². The Hall–Kier alpha value is -1.04. The molecule has 0 amide bonds. The molecular weight excluding hydrogens is 264 g/mol. The zero-order valence-electron chi connectivity index (χ0n) is 11.7. The van der Waals surface area contributed by atoms with Crippen LogP contribution in [0.3, 0.4) is 0 Å². The summed E-state index contributed by atoms with van der Waals surface area (Å²) in [6.07, 6.45) is 1.61. The molecule has 1 unspecified atom stereocenters. The molecule has 3 nitrogen and oxygen atoms in total. The minimum absolute atomic E-state index is 0.254. The maximum absolute atomic E-state index is 13.7. The molecule has 0 radical (unpaired) electrons. The van der Waals surface area contributed by atoms with Crippen LogP contribution in [0.2, 0.25) is 0 Å². The summed E-state index contributed by atoms with van der Waals surface area (Å²) in [5.74, 6) is -0.883. The minimum Gasteiger partial charge on any atom is -0.381 e. The first-order valence-corrected chi connectivity index (χ1v) is 6.98. The van der Waals surface area contributed by atoms with Crippen LogP contribution in [0.1, 0.15) is 25.3 Å². The molecule has 0 aliphatic carbocycles. The molecule has 0 saturated carbocycles. The molecule has 0 bridgehead atoms. The van der Waals surface area contributed by atoms with E-state index in [4.69, 9.17) is 15.2 Å². The smallest absolute Gasteiger partial charge is 0.126 e. The van der Waals surface area contributed by atoms with Crippen LogP contribution in [0.5, 0.6) is 0 Å². The molecule has 112 valence electrons. The fraction of sp³-hybridized carbons (Fsp3) is 0.600. The van der Waals surface area contributed by atoms with E-state index >= 15 is 0 Å². The summed E-state index contributed by atoms with van der Waals surface area (Å²) in [6.45, 7) is 3.62. The highest BCUT2D eigenvalue weighted by atomic mass is 19.1. The highest BCUT2D eigenvalue weighted by Crippen LogP contribution is 2.30. The number of hydrogen-bond acceptors (Lipinski definition) is 3. The fourth-order valence-electron chi connectivity index (χ4n) is 2.75. The molecule has 0 aromatic heterocycles. The van der Waals surface area contributed by atoms with Gasteiger partial charge in [0.2, 0.25) is 0 Å². The standard InChI is InChI=1S/C15H21F2NO2/c1-2-20-15(5-7-19-8-6-15)14(18)10-11-9-12(16)3-4-13(11)17/h3-4,9,14H,2,5-8,10,18H2,1H3. The molecular formula is C15H21F2NO2. The second-order valence-corrected chi connectivity index (χ2v) is 5.16. The highest BCUT2D eigenvalue weighted by Gasteiger charge is 2.39.